The lowest BCUT2D eigenvalue weighted by Gasteiger charge is -1.99. The van der Waals surface area contributed by atoms with Crippen LogP contribution in [0.3, 0.4) is 0 Å². The molecule has 1 aromatic heterocycles. The number of aromatic nitrogens is 1. The van der Waals surface area contributed by atoms with Crippen molar-refractivity contribution in [3.63, 3.8) is 0 Å². The first-order valence-corrected chi connectivity index (χ1v) is 3.15. The van der Waals surface area contributed by atoms with Crippen molar-refractivity contribution in [1.82, 2.24) is 4.98 Å². The molecule has 0 aromatic carbocycles. The highest BCUT2D eigenvalue weighted by Gasteiger charge is 2.01. The molecule has 1 heterocycles. The molecule has 0 saturated carbocycles. The Morgan fingerprint density at radius 1 is 1.73 bits per heavy atom. The van der Waals surface area contributed by atoms with E-state index in [-0.39, 0.29) is 0 Å². The number of oxime groups is 1. The molecule has 0 spiro atoms. The zero-order valence-electron chi connectivity index (χ0n) is 6.15. The minimum atomic E-state index is 0.378. The lowest BCUT2D eigenvalue weighted by atomic mass is 10.2. The highest BCUT2D eigenvalue weighted by Crippen LogP contribution is 2.07. The Morgan fingerprint density at radius 2 is 2.45 bits per heavy atom. The van der Waals surface area contributed by atoms with Gasteiger partial charge in [0.05, 0.1) is 5.71 Å². The summed E-state index contributed by atoms with van der Waals surface area (Å²) in [4.78, 5) is 3.83. The van der Waals surface area contributed by atoms with Crippen molar-refractivity contribution in [2.75, 3.05) is 5.73 Å². The molecule has 0 unspecified atom stereocenters. The molecular formula is C7H9N3O. The molecule has 1 aromatic rings. The maximum Gasteiger partial charge on any atom is 0.132 e. The third kappa shape index (κ3) is 1.46. The standard InChI is InChI=1S/C7H9N3O/c1-5(10-11)6-3-2-4-9-7(6)8/h2-4,11H,1H3,(H2,8,9). The predicted octanol–water partition coefficient (Wildman–Crippen LogP) is 0.862. The first kappa shape index (κ1) is 7.53. The van der Waals surface area contributed by atoms with E-state index in [1.165, 1.54) is 0 Å². The van der Waals surface area contributed by atoms with E-state index in [2.05, 4.69) is 10.1 Å². The van der Waals surface area contributed by atoms with Gasteiger partial charge < -0.3 is 10.9 Å². The number of nitrogens with two attached hydrogens (primary N) is 1. The van der Waals surface area contributed by atoms with Crippen LogP contribution in [-0.4, -0.2) is 15.9 Å². The zero-order valence-corrected chi connectivity index (χ0v) is 6.15. The number of pyridine rings is 1. The van der Waals surface area contributed by atoms with Gasteiger partial charge in [-0.2, -0.15) is 0 Å². The molecule has 0 bridgehead atoms. The Bertz CT molecular complexity index is 283. The van der Waals surface area contributed by atoms with Gasteiger partial charge >= 0.3 is 0 Å². The second-order valence-electron chi connectivity index (χ2n) is 2.12. The summed E-state index contributed by atoms with van der Waals surface area (Å²) in [7, 11) is 0. The number of nitrogen functional groups attached to an aromatic ring is 1. The van der Waals surface area contributed by atoms with Gasteiger partial charge in [-0.1, -0.05) is 5.16 Å². The molecule has 0 aliphatic heterocycles. The van der Waals surface area contributed by atoms with Gasteiger partial charge in [0.25, 0.3) is 0 Å². The van der Waals surface area contributed by atoms with Crippen LogP contribution < -0.4 is 5.73 Å². The number of nitrogens with zero attached hydrogens (tertiary/aromatic N) is 2. The third-order valence-electron chi connectivity index (χ3n) is 1.38. The van der Waals surface area contributed by atoms with Crippen LogP contribution in [0.15, 0.2) is 23.5 Å². The van der Waals surface area contributed by atoms with E-state index in [1.807, 2.05) is 0 Å². The van der Waals surface area contributed by atoms with Crippen LogP contribution in [0, 0.1) is 0 Å². The minimum Gasteiger partial charge on any atom is -0.411 e. The fraction of sp³-hybridized carbons (Fsp3) is 0.143. The minimum absolute atomic E-state index is 0.378. The van der Waals surface area contributed by atoms with Crippen molar-refractivity contribution in [2.24, 2.45) is 5.16 Å². The average Bonchev–Trinajstić information content (AvgIpc) is 2.04. The van der Waals surface area contributed by atoms with Gasteiger partial charge in [0, 0.05) is 11.8 Å². The summed E-state index contributed by atoms with van der Waals surface area (Å²) in [5, 5.41) is 11.4. The summed E-state index contributed by atoms with van der Waals surface area (Å²) >= 11 is 0. The first-order chi connectivity index (χ1) is 5.25. The van der Waals surface area contributed by atoms with Crippen LogP contribution in [0.4, 0.5) is 5.82 Å². The third-order valence-corrected chi connectivity index (χ3v) is 1.38. The van der Waals surface area contributed by atoms with E-state index in [0.717, 1.165) is 0 Å². The van der Waals surface area contributed by atoms with Gasteiger partial charge in [-0.05, 0) is 19.1 Å². The Kier molecular flexibility index (Phi) is 2.06. The van der Waals surface area contributed by atoms with Gasteiger partial charge in [0.1, 0.15) is 5.82 Å². The predicted molar refractivity (Wildman–Crippen MR) is 42.6 cm³/mol. The maximum absolute atomic E-state index is 8.42. The molecule has 0 aliphatic carbocycles. The fourth-order valence-electron chi connectivity index (χ4n) is 0.777. The van der Waals surface area contributed by atoms with Crippen molar-refractivity contribution in [3.05, 3.63) is 23.9 Å². The van der Waals surface area contributed by atoms with Crippen molar-refractivity contribution < 1.29 is 5.21 Å². The lowest BCUT2D eigenvalue weighted by molar-refractivity contribution is 0.319. The second-order valence-corrected chi connectivity index (χ2v) is 2.12. The molecular weight excluding hydrogens is 142 g/mol. The molecule has 0 saturated heterocycles. The summed E-state index contributed by atoms with van der Waals surface area (Å²) in [6.45, 7) is 1.66. The van der Waals surface area contributed by atoms with E-state index >= 15 is 0 Å². The molecule has 11 heavy (non-hydrogen) atoms. The Hall–Kier alpha value is -1.58. The normalized spacial score (nSPS) is 11.5. The topological polar surface area (TPSA) is 71.5 Å². The second kappa shape index (κ2) is 3.01. The first-order valence-electron chi connectivity index (χ1n) is 3.15. The average molecular weight is 151 g/mol. The van der Waals surface area contributed by atoms with Gasteiger partial charge in [0.15, 0.2) is 0 Å². The number of hydrogen-bond donors (Lipinski definition) is 2. The van der Waals surface area contributed by atoms with Crippen molar-refractivity contribution >= 4 is 11.5 Å². The van der Waals surface area contributed by atoms with Crippen molar-refractivity contribution in [3.8, 4) is 0 Å². The van der Waals surface area contributed by atoms with Gasteiger partial charge in [-0.15, -0.1) is 0 Å². The molecule has 4 heteroatoms. The van der Waals surface area contributed by atoms with Crippen LogP contribution in [0.25, 0.3) is 0 Å². The highest BCUT2D eigenvalue weighted by atomic mass is 16.4. The zero-order chi connectivity index (χ0) is 8.27. The van der Waals surface area contributed by atoms with E-state index in [4.69, 9.17) is 10.9 Å². The monoisotopic (exact) mass is 151 g/mol. The SMILES string of the molecule is CC(=NO)c1cccnc1N. The summed E-state index contributed by atoms with van der Waals surface area (Å²) in [5.74, 6) is 0.378. The molecule has 0 aliphatic rings. The summed E-state index contributed by atoms with van der Waals surface area (Å²) in [6, 6.07) is 3.48. The number of rotatable bonds is 1. The molecule has 0 amide bonds. The van der Waals surface area contributed by atoms with E-state index in [1.54, 1.807) is 25.3 Å². The molecule has 0 radical (unpaired) electrons. The maximum atomic E-state index is 8.42. The summed E-state index contributed by atoms with van der Waals surface area (Å²) < 4.78 is 0. The van der Waals surface area contributed by atoms with E-state index in [0.29, 0.717) is 17.1 Å². The number of hydrogen-bond acceptors (Lipinski definition) is 4. The molecule has 0 fully saturated rings. The summed E-state index contributed by atoms with van der Waals surface area (Å²) in [6.07, 6.45) is 1.59. The lowest BCUT2D eigenvalue weighted by Crippen LogP contribution is -2.02. The molecule has 58 valence electrons. The van der Waals surface area contributed by atoms with E-state index in [9.17, 15) is 0 Å². The van der Waals surface area contributed by atoms with Crippen LogP contribution in [0.5, 0.6) is 0 Å². The molecule has 3 N–H and O–H groups in total. The number of anilines is 1. The molecule has 1 rings (SSSR count). The van der Waals surface area contributed by atoms with Crippen molar-refractivity contribution in [1.29, 1.82) is 0 Å². The Morgan fingerprint density at radius 3 is 3.00 bits per heavy atom. The smallest absolute Gasteiger partial charge is 0.132 e. The van der Waals surface area contributed by atoms with Gasteiger partial charge in [0.2, 0.25) is 0 Å². The van der Waals surface area contributed by atoms with Gasteiger partial charge in [-0.3, -0.25) is 0 Å². The highest BCUT2D eigenvalue weighted by molar-refractivity contribution is 6.01. The Balaban J connectivity index is 3.14. The molecule has 4 nitrogen and oxygen atoms in total. The fourth-order valence-corrected chi connectivity index (χ4v) is 0.777. The van der Waals surface area contributed by atoms with Crippen LogP contribution >= 0.6 is 0 Å². The Labute approximate surface area is 64.4 Å². The quantitative estimate of drug-likeness (QED) is 0.355. The van der Waals surface area contributed by atoms with Crippen molar-refractivity contribution in [2.45, 2.75) is 6.92 Å². The van der Waals surface area contributed by atoms with E-state index < -0.39 is 0 Å². The van der Waals surface area contributed by atoms with Crippen LogP contribution in [0.2, 0.25) is 0 Å². The summed E-state index contributed by atoms with van der Waals surface area (Å²) in [5.41, 5.74) is 6.62. The molecule has 0 atom stereocenters. The van der Waals surface area contributed by atoms with Crippen LogP contribution in [0.1, 0.15) is 12.5 Å². The van der Waals surface area contributed by atoms with Crippen LogP contribution in [-0.2, 0) is 0 Å². The largest absolute Gasteiger partial charge is 0.411 e. The van der Waals surface area contributed by atoms with Gasteiger partial charge in [-0.25, -0.2) is 4.98 Å².